The van der Waals surface area contributed by atoms with Gasteiger partial charge in [0.2, 0.25) is 5.91 Å². The normalized spacial score (nSPS) is 22.4. The van der Waals surface area contributed by atoms with E-state index in [1.165, 1.54) is 0 Å². The quantitative estimate of drug-likeness (QED) is 0.848. The Balaban J connectivity index is 1.82. The van der Waals surface area contributed by atoms with Crippen LogP contribution in [0.2, 0.25) is 0 Å². The zero-order chi connectivity index (χ0) is 14.5. The van der Waals surface area contributed by atoms with Gasteiger partial charge in [-0.1, -0.05) is 25.1 Å². The highest BCUT2D eigenvalue weighted by molar-refractivity contribution is 5.96. The van der Waals surface area contributed by atoms with Gasteiger partial charge in [-0.05, 0) is 24.5 Å². The molecule has 0 saturated carbocycles. The largest absolute Gasteiger partial charge is 0.343 e. The minimum atomic E-state index is -0.222. The Labute approximate surface area is 119 Å². The first-order chi connectivity index (χ1) is 9.58. The highest BCUT2D eigenvalue weighted by Gasteiger charge is 2.26. The summed E-state index contributed by atoms with van der Waals surface area (Å²) in [5, 5.41) is 2.66. The highest BCUT2D eigenvalue weighted by Crippen LogP contribution is 2.14. The summed E-state index contributed by atoms with van der Waals surface area (Å²) in [5.41, 5.74) is 6.50. The van der Waals surface area contributed by atoms with Crippen molar-refractivity contribution in [1.29, 1.82) is 0 Å². The molecule has 5 heteroatoms. The van der Waals surface area contributed by atoms with Crippen molar-refractivity contribution in [2.45, 2.75) is 19.4 Å². The first-order valence-electron chi connectivity index (χ1n) is 6.94. The second-order valence-corrected chi connectivity index (χ2v) is 5.32. The van der Waals surface area contributed by atoms with Crippen LogP contribution in [0.25, 0.3) is 0 Å². The summed E-state index contributed by atoms with van der Waals surface area (Å²) in [5.74, 6) is 0.0336. The Morgan fingerprint density at radius 3 is 2.70 bits per heavy atom. The van der Waals surface area contributed by atoms with Crippen molar-refractivity contribution in [3.63, 3.8) is 0 Å². The van der Waals surface area contributed by atoms with Crippen molar-refractivity contribution in [2.24, 2.45) is 11.7 Å². The fourth-order valence-electron chi connectivity index (χ4n) is 2.35. The number of rotatable bonds is 3. The number of carbonyl (C=O) groups excluding carboxylic acids is 2. The first kappa shape index (κ1) is 14.5. The maximum Gasteiger partial charge on any atom is 0.251 e. The van der Waals surface area contributed by atoms with Crippen molar-refractivity contribution in [1.82, 2.24) is 10.2 Å². The number of benzene rings is 1. The fraction of sp³-hybridized carbons (Fsp3) is 0.467. The third kappa shape index (κ3) is 3.57. The van der Waals surface area contributed by atoms with Gasteiger partial charge in [-0.15, -0.1) is 0 Å². The molecule has 1 aromatic carbocycles. The van der Waals surface area contributed by atoms with Crippen LogP contribution in [0.3, 0.4) is 0 Å². The molecule has 108 valence electrons. The Kier molecular flexibility index (Phi) is 4.74. The van der Waals surface area contributed by atoms with Crippen LogP contribution in [-0.2, 0) is 4.79 Å². The predicted octanol–water partition coefficient (Wildman–Crippen LogP) is 0.612. The van der Waals surface area contributed by atoms with Crippen molar-refractivity contribution in [3.8, 4) is 0 Å². The number of nitrogens with two attached hydrogens (primary N) is 1. The van der Waals surface area contributed by atoms with Gasteiger partial charge >= 0.3 is 0 Å². The van der Waals surface area contributed by atoms with Crippen LogP contribution in [0.15, 0.2) is 30.3 Å². The standard InChI is InChI=1S/C15H21N3O2/c1-11-10-18(8-7-13(11)16)14(19)9-17-15(20)12-5-3-2-4-6-12/h2-6,11,13H,7-10,16H2,1H3,(H,17,20). The van der Waals surface area contributed by atoms with Crippen LogP contribution >= 0.6 is 0 Å². The van der Waals surface area contributed by atoms with Gasteiger partial charge in [0.25, 0.3) is 5.91 Å². The van der Waals surface area contributed by atoms with Gasteiger partial charge in [0.05, 0.1) is 6.54 Å². The van der Waals surface area contributed by atoms with Crippen LogP contribution in [0.5, 0.6) is 0 Å². The lowest BCUT2D eigenvalue weighted by molar-refractivity contribution is -0.132. The maximum absolute atomic E-state index is 12.1. The average molecular weight is 275 g/mol. The van der Waals surface area contributed by atoms with E-state index in [4.69, 9.17) is 5.73 Å². The van der Waals surface area contributed by atoms with E-state index >= 15 is 0 Å². The molecular formula is C15H21N3O2. The molecule has 2 atom stereocenters. The molecule has 0 aliphatic carbocycles. The number of nitrogens with zero attached hydrogens (tertiary/aromatic N) is 1. The molecule has 0 spiro atoms. The molecule has 1 aliphatic heterocycles. The molecule has 0 aromatic heterocycles. The van der Waals surface area contributed by atoms with E-state index in [0.29, 0.717) is 24.6 Å². The number of hydrogen-bond acceptors (Lipinski definition) is 3. The molecule has 1 aliphatic rings. The topological polar surface area (TPSA) is 75.4 Å². The molecule has 2 amide bonds. The summed E-state index contributed by atoms with van der Waals surface area (Å²) in [4.78, 5) is 25.7. The third-order valence-corrected chi connectivity index (χ3v) is 3.76. The molecule has 2 unspecified atom stereocenters. The second-order valence-electron chi connectivity index (χ2n) is 5.32. The Hall–Kier alpha value is -1.88. The molecule has 0 bridgehead atoms. The summed E-state index contributed by atoms with van der Waals surface area (Å²) in [6.07, 6.45) is 0.819. The average Bonchev–Trinajstić information content (AvgIpc) is 2.48. The molecule has 20 heavy (non-hydrogen) atoms. The monoisotopic (exact) mass is 275 g/mol. The van der Waals surface area contributed by atoms with E-state index in [2.05, 4.69) is 5.32 Å². The van der Waals surface area contributed by atoms with Crippen molar-refractivity contribution in [2.75, 3.05) is 19.6 Å². The van der Waals surface area contributed by atoms with Gasteiger partial charge in [-0.25, -0.2) is 0 Å². The smallest absolute Gasteiger partial charge is 0.251 e. The van der Waals surface area contributed by atoms with Gasteiger partial charge in [-0.2, -0.15) is 0 Å². The lowest BCUT2D eigenvalue weighted by Gasteiger charge is -2.35. The van der Waals surface area contributed by atoms with Crippen molar-refractivity contribution < 1.29 is 9.59 Å². The molecule has 2 rings (SSSR count). The summed E-state index contributed by atoms with van der Waals surface area (Å²) in [6, 6.07) is 9.05. The maximum atomic E-state index is 12.1. The third-order valence-electron chi connectivity index (χ3n) is 3.76. The van der Waals surface area contributed by atoms with E-state index in [0.717, 1.165) is 6.42 Å². The van der Waals surface area contributed by atoms with E-state index in [1.54, 1.807) is 29.2 Å². The van der Waals surface area contributed by atoms with Crippen LogP contribution in [0, 0.1) is 5.92 Å². The summed E-state index contributed by atoms with van der Waals surface area (Å²) < 4.78 is 0. The minimum absolute atomic E-state index is 0.0374. The van der Waals surface area contributed by atoms with Gasteiger partial charge in [0.1, 0.15) is 0 Å². The Morgan fingerprint density at radius 2 is 2.05 bits per heavy atom. The number of nitrogens with one attached hydrogen (secondary N) is 1. The zero-order valence-electron chi connectivity index (χ0n) is 11.7. The van der Waals surface area contributed by atoms with Crippen LogP contribution in [0.4, 0.5) is 0 Å². The number of carbonyl (C=O) groups is 2. The van der Waals surface area contributed by atoms with Gasteiger partial charge in [0.15, 0.2) is 0 Å². The number of piperidine rings is 1. The van der Waals surface area contributed by atoms with Crippen LogP contribution in [-0.4, -0.2) is 42.4 Å². The SMILES string of the molecule is CC1CN(C(=O)CNC(=O)c2ccccc2)CCC1N. The molecule has 1 saturated heterocycles. The molecule has 1 heterocycles. The van der Waals surface area contributed by atoms with Crippen LogP contribution in [0.1, 0.15) is 23.7 Å². The van der Waals surface area contributed by atoms with E-state index in [-0.39, 0.29) is 24.4 Å². The van der Waals surface area contributed by atoms with Gasteiger partial charge in [-0.3, -0.25) is 9.59 Å². The first-order valence-corrected chi connectivity index (χ1v) is 6.94. The molecule has 3 N–H and O–H groups in total. The van der Waals surface area contributed by atoms with Gasteiger partial charge < -0.3 is 16.0 Å². The summed E-state index contributed by atoms with van der Waals surface area (Å²) in [6.45, 7) is 3.43. The zero-order valence-corrected chi connectivity index (χ0v) is 11.7. The lowest BCUT2D eigenvalue weighted by Crippen LogP contribution is -2.50. The van der Waals surface area contributed by atoms with Crippen molar-refractivity contribution in [3.05, 3.63) is 35.9 Å². The second kappa shape index (κ2) is 6.52. The summed E-state index contributed by atoms with van der Waals surface area (Å²) in [7, 11) is 0. The molecule has 5 nitrogen and oxygen atoms in total. The molecule has 0 radical (unpaired) electrons. The number of likely N-dealkylation sites (tertiary alicyclic amines) is 1. The lowest BCUT2D eigenvalue weighted by atomic mass is 9.95. The predicted molar refractivity (Wildman–Crippen MR) is 77.1 cm³/mol. The fourth-order valence-corrected chi connectivity index (χ4v) is 2.35. The van der Waals surface area contributed by atoms with E-state index in [9.17, 15) is 9.59 Å². The van der Waals surface area contributed by atoms with E-state index in [1.807, 2.05) is 13.0 Å². The Bertz CT molecular complexity index is 475. The van der Waals surface area contributed by atoms with Crippen molar-refractivity contribution >= 4 is 11.8 Å². The molecule has 1 fully saturated rings. The minimum Gasteiger partial charge on any atom is -0.343 e. The number of hydrogen-bond donors (Lipinski definition) is 2. The van der Waals surface area contributed by atoms with E-state index < -0.39 is 0 Å². The van der Waals surface area contributed by atoms with Gasteiger partial charge in [0, 0.05) is 24.7 Å². The Morgan fingerprint density at radius 1 is 1.35 bits per heavy atom. The summed E-state index contributed by atoms with van der Waals surface area (Å²) >= 11 is 0. The number of amides is 2. The molecule has 1 aromatic rings. The molecular weight excluding hydrogens is 254 g/mol. The highest BCUT2D eigenvalue weighted by atomic mass is 16.2. The van der Waals surface area contributed by atoms with Crippen LogP contribution < -0.4 is 11.1 Å².